The molecule has 1 unspecified atom stereocenters. The van der Waals surface area contributed by atoms with Crippen LogP contribution in [0, 0.1) is 5.92 Å². The molecule has 0 saturated carbocycles. The summed E-state index contributed by atoms with van der Waals surface area (Å²) in [5.41, 5.74) is 1.22. The van der Waals surface area contributed by atoms with Crippen molar-refractivity contribution in [3.8, 4) is 0 Å². The molecule has 0 aliphatic heterocycles. The van der Waals surface area contributed by atoms with Crippen molar-refractivity contribution in [3.63, 3.8) is 0 Å². The van der Waals surface area contributed by atoms with Gasteiger partial charge in [-0.25, -0.2) is 0 Å². The molecule has 0 fully saturated rings. The number of Topliss-reactive ketones (excluding diaryl/α,β-unsaturated/α-hetero) is 1. The number of thiophene rings is 1. The molecular weight excluding hydrogens is 306 g/mol. The van der Waals surface area contributed by atoms with E-state index in [2.05, 4.69) is 0 Å². The Morgan fingerprint density at radius 2 is 2.18 bits per heavy atom. The Hall–Kier alpha value is -1.59. The third-order valence-corrected chi connectivity index (χ3v) is 4.89. The highest BCUT2D eigenvalue weighted by Crippen LogP contribution is 2.44. The fourth-order valence-electron chi connectivity index (χ4n) is 3.12. The molecule has 1 aliphatic carbocycles. The van der Waals surface area contributed by atoms with Crippen LogP contribution in [0.1, 0.15) is 35.3 Å². The molecule has 1 aromatic carbocycles. The number of carbonyl (C=O) groups excluding carboxylic acids is 1. The van der Waals surface area contributed by atoms with E-state index >= 15 is 0 Å². The van der Waals surface area contributed by atoms with Crippen molar-refractivity contribution in [1.82, 2.24) is 0 Å². The molecule has 1 N–H and O–H groups in total. The summed E-state index contributed by atoms with van der Waals surface area (Å²) in [6.45, 7) is 1.44. The number of aliphatic hydroxyl groups is 1. The predicted octanol–water partition coefficient (Wildman–Crippen LogP) is 3.88. The van der Waals surface area contributed by atoms with Gasteiger partial charge in [-0.2, -0.15) is 20.1 Å². The lowest BCUT2D eigenvalue weighted by molar-refractivity contribution is -0.151. The first-order chi connectivity index (χ1) is 10.4. The summed E-state index contributed by atoms with van der Waals surface area (Å²) in [6, 6.07) is 6.61. The van der Waals surface area contributed by atoms with Crippen LogP contribution in [0.3, 0.4) is 0 Å². The Kier molecular flexibility index (Phi) is 3.87. The molecule has 0 saturated heterocycles. The lowest BCUT2D eigenvalue weighted by Crippen LogP contribution is -2.40. The molecule has 116 valence electrons. The summed E-state index contributed by atoms with van der Waals surface area (Å²) in [6.07, 6.45) is -0.404. The lowest BCUT2D eigenvalue weighted by Gasteiger charge is -2.32. The van der Waals surface area contributed by atoms with Gasteiger partial charge in [0.2, 0.25) is 5.78 Å². The Morgan fingerprint density at radius 1 is 1.41 bits per heavy atom. The fraction of sp³-hybridized carbons (Fsp3) is 0.353. The van der Waals surface area contributed by atoms with Gasteiger partial charge >= 0.3 is 5.92 Å². The lowest BCUT2D eigenvalue weighted by atomic mass is 9.75. The highest BCUT2D eigenvalue weighted by Gasteiger charge is 2.50. The zero-order valence-electron chi connectivity index (χ0n) is 12.1. The van der Waals surface area contributed by atoms with Crippen molar-refractivity contribution in [2.45, 2.75) is 31.8 Å². The van der Waals surface area contributed by atoms with Gasteiger partial charge in [0, 0.05) is 11.5 Å². The average Bonchev–Trinajstić information content (AvgIpc) is 2.97. The van der Waals surface area contributed by atoms with Crippen molar-refractivity contribution in [3.05, 3.63) is 57.3 Å². The minimum Gasteiger partial charge on any atom is -0.389 e. The number of fused-ring (bicyclic) bond motifs is 1. The molecule has 2 atom stereocenters. The summed E-state index contributed by atoms with van der Waals surface area (Å²) in [4.78, 5) is 12.3. The normalized spacial score (nSPS) is 21.5. The molecule has 1 heterocycles. The Labute approximate surface area is 131 Å². The highest BCUT2D eigenvalue weighted by molar-refractivity contribution is 7.07. The van der Waals surface area contributed by atoms with E-state index in [0.717, 1.165) is 5.56 Å². The second-order valence-corrected chi connectivity index (χ2v) is 6.51. The van der Waals surface area contributed by atoms with Gasteiger partial charge in [0.05, 0.1) is 6.10 Å². The first-order valence-corrected chi connectivity index (χ1v) is 8.09. The minimum atomic E-state index is -3.54. The quantitative estimate of drug-likeness (QED) is 0.931. The summed E-state index contributed by atoms with van der Waals surface area (Å²) < 4.78 is 29.3. The second kappa shape index (κ2) is 5.56. The molecule has 0 bridgehead atoms. The number of ketones is 1. The maximum absolute atomic E-state index is 14.6. The topological polar surface area (TPSA) is 37.3 Å². The van der Waals surface area contributed by atoms with Crippen LogP contribution < -0.4 is 0 Å². The molecule has 0 radical (unpaired) electrons. The zero-order chi connectivity index (χ0) is 15.9. The summed E-state index contributed by atoms with van der Waals surface area (Å²) in [5, 5.41) is 13.5. The van der Waals surface area contributed by atoms with E-state index in [0.29, 0.717) is 18.4 Å². The van der Waals surface area contributed by atoms with Gasteiger partial charge in [-0.1, -0.05) is 18.2 Å². The third kappa shape index (κ3) is 2.48. The molecule has 0 spiro atoms. The summed E-state index contributed by atoms with van der Waals surface area (Å²) in [5.74, 6) is -5.30. The van der Waals surface area contributed by atoms with E-state index < -0.39 is 23.7 Å². The molecule has 1 aromatic heterocycles. The molecule has 2 aromatic rings. The van der Waals surface area contributed by atoms with E-state index in [1.807, 2.05) is 16.8 Å². The van der Waals surface area contributed by atoms with Crippen LogP contribution in [0.15, 0.2) is 35.0 Å². The van der Waals surface area contributed by atoms with Gasteiger partial charge in [-0.05, 0) is 53.3 Å². The van der Waals surface area contributed by atoms with Crippen LogP contribution in [0.25, 0.3) is 0 Å². The van der Waals surface area contributed by atoms with Crippen LogP contribution in [0.5, 0.6) is 0 Å². The maximum Gasteiger partial charge on any atom is 0.331 e. The van der Waals surface area contributed by atoms with E-state index in [1.54, 1.807) is 12.1 Å². The smallest absolute Gasteiger partial charge is 0.331 e. The van der Waals surface area contributed by atoms with Crippen LogP contribution in [0.4, 0.5) is 8.78 Å². The third-order valence-electron chi connectivity index (χ3n) is 4.16. The Balaban J connectivity index is 2.03. The fourth-order valence-corrected chi connectivity index (χ4v) is 3.80. The van der Waals surface area contributed by atoms with Crippen LogP contribution in [0.2, 0.25) is 0 Å². The minimum absolute atomic E-state index is 0.143. The first-order valence-electron chi connectivity index (χ1n) is 7.14. The number of carbonyl (C=O) groups is 1. The van der Waals surface area contributed by atoms with E-state index in [-0.39, 0.29) is 11.1 Å². The van der Waals surface area contributed by atoms with Crippen molar-refractivity contribution >= 4 is 17.1 Å². The van der Waals surface area contributed by atoms with Gasteiger partial charge in [0.15, 0.2) is 0 Å². The molecule has 22 heavy (non-hydrogen) atoms. The average molecular weight is 322 g/mol. The molecule has 3 rings (SSSR count). The van der Waals surface area contributed by atoms with Gasteiger partial charge < -0.3 is 5.11 Å². The molecule has 1 aliphatic rings. The standard InChI is InChI=1S/C17H16F2O2S/c1-10(20)14-4-2-3-12-8-13(7-11-5-6-22-9-11)16(21)17(18,19)15(12)14/h2-6,9-10,13,20H,7-8H2,1H3/t10-,13?/m0/s1. The SMILES string of the molecule is C[C@H](O)c1cccc2c1C(F)(F)C(=O)C(Cc1ccsc1)C2. The molecular formula is C17H16F2O2S. The van der Waals surface area contributed by atoms with Gasteiger partial charge in [-0.3, -0.25) is 4.79 Å². The van der Waals surface area contributed by atoms with E-state index in [4.69, 9.17) is 0 Å². The Morgan fingerprint density at radius 3 is 2.82 bits per heavy atom. The Bertz CT molecular complexity index is 693. The maximum atomic E-state index is 14.6. The van der Waals surface area contributed by atoms with Crippen LogP contribution in [-0.4, -0.2) is 10.9 Å². The van der Waals surface area contributed by atoms with Crippen molar-refractivity contribution in [1.29, 1.82) is 0 Å². The number of hydrogen-bond donors (Lipinski definition) is 1. The molecule has 0 amide bonds. The number of alkyl halides is 2. The van der Waals surface area contributed by atoms with Crippen molar-refractivity contribution in [2.75, 3.05) is 0 Å². The number of aliphatic hydroxyl groups excluding tert-OH is 1. The number of halogens is 2. The van der Waals surface area contributed by atoms with Gasteiger partial charge in [0.25, 0.3) is 0 Å². The highest BCUT2D eigenvalue weighted by atomic mass is 32.1. The van der Waals surface area contributed by atoms with Gasteiger partial charge in [-0.15, -0.1) is 0 Å². The number of benzene rings is 1. The summed E-state index contributed by atoms with van der Waals surface area (Å²) in [7, 11) is 0. The largest absolute Gasteiger partial charge is 0.389 e. The number of hydrogen-bond acceptors (Lipinski definition) is 3. The zero-order valence-corrected chi connectivity index (χ0v) is 12.9. The molecule has 2 nitrogen and oxygen atoms in total. The predicted molar refractivity (Wildman–Crippen MR) is 81.2 cm³/mol. The van der Waals surface area contributed by atoms with E-state index in [9.17, 15) is 18.7 Å². The van der Waals surface area contributed by atoms with Crippen molar-refractivity contribution in [2.24, 2.45) is 5.92 Å². The van der Waals surface area contributed by atoms with Gasteiger partial charge in [0.1, 0.15) is 0 Å². The second-order valence-electron chi connectivity index (χ2n) is 5.73. The molecule has 5 heteroatoms. The monoisotopic (exact) mass is 322 g/mol. The van der Waals surface area contributed by atoms with Crippen LogP contribution >= 0.6 is 11.3 Å². The summed E-state index contributed by atoms with van der Waals surface area (Å²) >= 11 is 1.49. The van der Waals surface area contributed by atoms with Crippen molar-refractivity contribution < 1.29 is 18.7 Å². The first kappa shape index (κ1) is 15.3. The number of rotatable bonds is 3. The van der Waals surface area contributed by atoms with Crippen LogP contribution in [-0.2, 0) is 23.6 Å². The van der Waals surface area contributed by atoms with E-state index in [1.165, 1.54) is 24.3 Å².